The molecule has 90 valence electrons. The molecule has 1 aromatic rings. The maximum atomic E-state index is 3.50. The Morgan fingerprint density at radius 1 is 1.56 bits per heavy atom. The quantitative estimate of drug-likeness (QED) is 0.920. The zero-order valence-corrected chi connectivity index (χ0v) is 12.3. The molecule has 2 atom stereocenters. The number of halogens is 1. The van der Waals surface area contributed by atoms with Crippen LogP contribution in [0.5, 0.6) is 0 Å². The van der Waals surface area contributed by atoms with E-state index in [-0.39, 0.29) is 0 Å². The summed E-state index contributed by atoms with van der Waals surface area (Å²) in [7, 11) is 2.22. The second kappa shape index (κ2) is 5.63. The van der Waals surface area contributed by atoms with E-state index in [9.17, 15) is 0 Å². The Labute approximate surface area is 110 Å². The van der Waals surface area contributed by atoms with E-state index < -0.39 is 0 Å². The van der Waals surface area contributed by atoms with Gasteiger partial charge in [0, 0.05) is 27.8 Å². The van der Waals surface area contributed by atoms with E-state index in [0.717, 1.165) is 18.4 Å². The van der Waals surface area contributed by atoms with E-state index in [2.05, 4.69) is 51.6 Å². The van der Waals surface area contributed by atoms with Gasteiger partial charge in [-0.2, -0.15) is 0 Å². The number of nitrogens with zero attached hydrogens (tertiary/aromatic N) is 1. The van der Waals surface area contributed by atoms with Crippen LogP contribution >= 0.6 is 27.3 Å². The standard InChI is InChI=1S/C12H19BrN2S/c1-9-4-14-5-10(9)6-15(2)7-12-3-11(13)8-16-12/h3,8-10,14H,4-7H2,1-2H3. The predicted molar refractivity (Wildman–Crippen MR) is 73.9 cm³/mol. The monoisotopic (exact) mass is 302 g/mol. The minimum absolute atomic E-state index is 0.813. The fraction of sp³-hybridized carbons (Fsp3) is 0.667. The molecule has 0 aromatic carbocycles. The van der Waals surface area contributed by atoms with Gasteiger partial charge < -0.3 is 10.2 Å². The number of thiophene rings is 1. The second-order valence-corrected chi connectivity index (χ2v) is 6.74. The van der Waals surface area contributed by atoms with Crippen molar-refractivity contribution in [3.63, 3.8) is 0 Å². The maximum absolute atomic E-state index is 3.50. The largest absolute Gasteiger partial charge is 0.316 e. The molecule has 1 aliphatic rings. The fourth-order valence-corrected chi connectivity index (χ4v) is 3.81. The van der Waals surface area contributed by atoms with Crippen LogP contribution in [0.25, 0.3) is 0 Å². The van der Waals surface area contributed by atoms with Crippen LogP contribution in [0.3, 0.4) is 0 Å². The lowest BCUT2D eigenvalue weighted by atomic mass is 9.98. The van der Waals surface area contributed by atoms with Crippen LogP contribution in [0.15, 0.2) is 15.9 Å². The summed E-state index contributed by atoms with van der Waals surface area (Å²) < 4.78 is 1.21. The molecule has 2 heterocycles. The molecule has 2 unspecified atom stereocenters. The lowest BCUT2D eigenvalue weighted by Crippen LogP contribution is -2.28. The molecule has 1 aliphatic heterocycles. The molecule has 1 saturated heterocycles. The maximum Gasteiger partial charge on any atom is 0.0325 e. The Balaban J connectivity index is 1.82. The van der Waals surface area contributed by atoms with Crippen molar-refractivity contribution >= 4 is 27.3 Å². The highest BCUT2D eigenvalue weighted by atomic mass is 79.9. The van der Waals surface area contributed by atoms with Gasteiger partial charge in [0.05, 0.1) is 0 Å². The lowest BCUT2D eigenvalue weighted by Gasteiger charge is -2.22. The Morgan fingerprint density at radius 2 is 2.38 bits per heavy atom. The van der Waals surface area contributed by atoms with Crippen molar-refractivity contribution in [3.05, 3.63) is 20.8 Å². The van der Waals surface area contributed by atoms with Crippen molar-refractivity contribution in [2.45, 2.75) is 13.5 Å². The first-order valence-corrected chi connectivity index (χ1v) is 7.44. The van der Waals surface area contributed by atoms with Crippen molar-refractivity contribution in [2.75, 3.05) is 26.7 Å². The molecule has 0 amide bonds. The van der Waals surface area contributed by atoms with Gasteiger partial charge in [-0.3, -0.25) is 0 Å². The van der Waals surface area contributed by atoms with Gasteiger partial charge >= 0.3 is 0 Å². The molecule has 0 spiro atoms. The van der Waals surface area contributed by atoms with Crippen LogP contribution in [-0.2, 0) is 6.54 Å². The average Bonchev–Trinajstić information content (AvgIpc) is 2.77. The summed E-state index contributed by atoms with van der Waals surface area (Å²) in [4.78, 5) is 3.87. The van der Waals surface area contributed by atoms with Crippen molar-refractivity contribution in [2.24, 2.45) is 11.8 Å². The molecule has 16 heavy (non-hydrogen) atoms. The number of hydrogen-bond donors (Lipinski definition) is 1. The minimum atomic E-state index is 0.813. The van der Waals surface area contributed by atoms with Crippen molar-refractivity contribution < 1.29 is 0 Å². The Bertz CT molecular complexity index is 340. The van der Waals surface area contributed by atoms with Gasteiger partial charge in [-0.15, -0.1) is 11.3 Å². The van der Waals surface area contributed by atoms with E-state index in [1.807, 2.05) is 11.3 Å². The first-order chi connectivity index (χ1) is 7.65. The van der Waals surface area contributed by atoms with E-state index in [0.29, 0.717) is 0 Å². The van der Waals surface area contributed by atoms with E-state index >= 15 is 0 Å². The SMILES string of the molecule is CC1CNCC1CN(C)Cc1cc(Br)cs1. The summed E-state index contributed by atoms with van der Waals surface area (Å²) in [6, 6.07) is 2.22. The molecule has 1 aromatic heterocycles. The molecule has 0 bridgehead atoms. The number of nitrogens with one attached hydrogen (secondary N) is 1. The van der Waals surface area contributed by atoms with Gasteiger partial charge in [0.25, 0.3) is 0 Å². The van der Waals surface area contributed by atoms with Crippen LogP contribution in [-0.4, -0.2) is 31.6 Å². The highest BCUT2D eigenvalue weighted by Crippen LogP contribution is 2.22. The summed E-state index contributed by atoms with van der Waals surface area (Å²) >= 11 is 5.33. The van der Waals surface area contributed by atoms with Crippen LogP contribution in [0, 0.1) is 11.8 Å². The zero-order valence-electron chi connectivity index (χ0n) is 9.87. The van der Waals surface area contributed by atoms with E-state index in [4.69, 9.17) is 0 Å². The third-order valence-corrected chi connectivity index (χ3v) is 4.95. The fourth-order valence-electron chi connectivity index (χ4n) is 2.28. The minimum Gasteiger partial charge on any atom is -0.316 e. The van der Waals surface area contributed by atoms with Gasteiger partial charge in [-0.25, -0.2) is 0 Å². The van der Waals surface area contributed by atoms with Gasteiger partial charge in [0.2, 0.25) is 0 Å². The molecule has 4 heteroatoms. The van der Waals surface area contributed by atoms with Crippen LogP contribution < -0.4 is 5.32 Å². The summed E-state index contributed by atoms with van der Waals surface area (Å²) in [6.45, 7) is 6.98. The highest BCUT2D eigenvalue weighted by Gasteiger charge is 2.23. The summed E-state index contributed by atoms with van der Waals surface area (Å²) in [5.74, 6) is 1.63. The van der Waals surface area contributed by atoms with Crippen molar-refractivity contribution in [1.82, 2.24) is 10.2 Å². The Kier molecular flexibility index (Phi) is 4.41. The third-order valence-electron chi connectivity index (χ3n) is 3.27. The molecule has 0 saturated carbocycles. The van der Waals surface area contributed by atoms with Gasteiger partial charge in [0.15, 0.2) is 0 Å². The highest BCUT2D eigenvalue weighted by molar-refractivity contribution is 9.10. The normalized spacial score (nSPS) is 25.5. The molecule has 0 aliphatic carbocycles. The first kappa shape index (κ1) is 12.6. The molecule has 2 nitrogen and oxygen atoms in total. The Hall–Kier alpha value is 0.1000. The van der Waals surface area contributed by atoms with Gasteiger partial charge in [-0.05, 0) is 54.0 Å². The molecular weight excluding hydrogens is 284 g/mol. The van der Waals surface area contributed by atoms with E-state index in [1.54, 1.807) is 0 Å². The number of hydrogen-bond acceptors (Lipinski definition) is 3. The predicted octanol–water partition coefficient (Wildman–Crippen LogP) is 2.80. The summed E-state index contributed by atoms with van der Waals surface area (Å²) in [5.41, 5.74) is 0. The van der Waals surface area contributed by atoms with Gasteiger partial charge in [-0.1, -0.05) is 6.92 Å². The first-order valence-electron chi connectivity index (χ1n) is 5.77. The van der Waals surface area contributed by atoms with Crippen LogP contribution in [0.1, 0.15) is 11.8 Å². The topological polar surface area (TPSA) is 15.3 Å². The summed E-state index contributed by atoms with van der Waals surface area (Å²) in [6.07, 6.45) is 0. The molecule has 0 radical (unpaired) electrons. The van der Waals surface area contributed by atoms with E-state index in [1.165, 1.54) is 29.0 Å². The Morgan fingerprint density at radius 3 is 2.94 bits per heavy atom. The molecular formula is C12H19BrN2S. The molecule has 1 fully saturated rings. The number of rotatable bonds is 4. The third kappa shape index (κ3) is 3.29. The van der Waals surface area contributed by atoms with Crippen LogP contribution in [0.4, 0.5) is 0 Å². The summed E-state index contributed by atoms with van der Waals surface area (Å²) in [5, 5.41) is 5.62. The van der Waals surface area contributed by atoms with Crippen LogP contribution in [0.2, 0.25) is 0 Å². The lowest BCUT2D eigenvalue weighted by molar-refractivity contribution is 0.254. The molecule has 2 rings (SSSR count). The van der Waals surface area contributed by atoms with Crippen molar-refractivity contribution in [3.8, 4) is 0 Å². The van der Waals surface area contributed by atoms with Crippen molar-refractivity contribution in [1.29, 1.82) is 0 Å². The van der Waals surface area contributed by atoms with Gasteiger partial charge in [0.1, 0.15) is 0 Å². The smallest absolute Gasteiger partial charge is 0.0325 e. The molecule has 1 N–H and O–H groups in total. The second-order valence-electron chi connectivity index (χ2n) is 4.82. The zero-order chi connectivity index (χ0) is 11.5. The average molecular weight is 303 g/mol.